The Labute approximate surface area is 104 Å². The van der Waals surface area contributed by atoms with Crippen molar-refractivity contribution in [1.82, 2.24) is 9.88 Å². The zero-order chi connectivity index (χ0) is 13.1. The Balaban J connectivity index is 2.18. The van der Waals surface area contributed by atoms with Crippen LogP contribution in [-0.4, -0.2) is 47.1 Å². The van der Waals surface area contributed by atoms with Crippen LogP contribution >= 0.6 is 0 Å². The summed E-state index contributed by atoms with van der Waals surface area (Å²) in [7, 11) is 1.44. The van der Waals surface area contributed by atoms with Crippen LogP contribution < -0.4 is 4.74 Å². The molecule has 6 nitrogen and oxygen atoms in total. The van der Waals surface area contributed by atoms with E-state index in [1.807, 2.05) is 0 Å². The number of hydrogen-bond acceptors (Lipinski definition) is 4. The first-order valence-electron chi connectivity index (χ1n) is 5.67. The number of hydrogen-bond donors (Lipinski definition) is 1. The number of carbonyl (C=O) groups is 2. The Bertz CT molecular complexity index is 487. The van der Waals surface area contributed by atoms with E-state index < -0.39 is 11.9 Å². The Morgan fingerprint density at radius 3 is 3.06 bits per heavy atom. The van der Waals surface area contributed by atoms with Gasteiger partial charge in [0, 0.05) is 7.05 Å². The number of carboxylic acid groups (broad SMARTS) is 1. The third kappa shape index (κ3) is 2.58. The van der Waals surface area contributed by atoms with Gasteiger partial charge in [-0.15, -0.1) is 0 Å². The topological polar surface area (TPSA) is 79.7 Å². The van der Waals surface area contributed by atoms with Crippen molar-refractivity contribution in [1.29, 1.82) is 0 Å². The summed E-state index contributed by atoms with van der Waals surface area (Å²) in [5.74, 6) is -0.739. The van der Waals surface area contributed by atoms with Gasteiger partial charge in [0.25, 0.3) is 5.91 Å². The largest absolute Gasteiger partial charge is 0.492 e. The predicted octanol–water partition coefficient (Wildman–Crippen LogP) is 0.563. The van der Waals surface area contributed by atoms with Crippen molar-refractivity contribution in [2.24, 2.45) is 0 Å². The number of ether oxygens (including phenoxy) is 1. The summed E-state index contributed by atoms with van der Waals surface area (Å²) in [6.45, 7) is 0.328. The summed E-state index contributed by atoms with van der Waals surface area (Å²) < 4.78 is 5.40. The quantitative estimate of drug-likeness (QED) is 0.848. The lowest BCUT2D eigenvalue weighted by Gasteiger charge is -2.18. The van der Waals surface area contributed by atoms with Crippen molar-refractivity contribution in [2.75, 3.05) is 20.2 Å². The number of aromatic nitrogens is 1. The molecule has 0 saturated heterocycles. The summed E-state index contributed by atoms with van der Waals surface area (Å²) in [4.78, 5) is 27.6. The van der Waals surface area contributed by atoms with E-state index in [0.717, 1.165) is 23.3 Å². The molecule has 0 unspecified atom stereocenters. The number of rotatable bonds is 3. The lowest BCUT2D eigenvalue weighted by Crippen LogP contribution is -2.32. The number of aryl methyl sites for hydroxylation is 1. The van der Waals surface area contributed by atoms with Crippen molar-refractivity contribution in [2.45, 2.75) is 12.8 Å². The molecule has 6 heteroatoms. The van der Waals surface area contributed by atoms with Gasteiger partial charge in [-0.2, -0.15) is 0 Å². The van der Waals surface area contributed by atoms with Crippen molar-refractivity contribution in [3.63, 3.8) is 0 Å². The van der Waals surface area contributed by atoms with Gasteiger partial charge in [-0.3, -0.25) is 9.59 Å². The number of carbonyl (C=O) groups excluding carboxylic acids is 1. The molecular formula is C12H14N2O4. The molecule has 0 aromatic carbocycles. The monoisotopic (exact) mass is 250 g/mol. The highest BCUT2D eigenvalue weighted by Crippen LogP contribution is 2.24. The van der Waals surface area contributed by atoms with Crippen LogP contribution in [0.1, 0.15) is 22.5 Å². The molecule has 1 aromatic heterocycles. The van der Waals surface area contributed by atoms with Crippen molar-refractivity contribution >= 4 is 11.9 Å². The van der Waals surface area contributed by atoms with Crippen LogP contribution in [0.4, 0.5) is 0 Å². The molecule has 2 heterocycles. The van der Waals surface area contributed by atoms with Gasteiger partial charge in [-0.05, 0) is 24.5 Å². The van der Waals surface area contributed by atoms with Crippen LogP contribution in [-0.2, 0) is 11.2 Å². The van der Waals surface area contributed by atoms with E-state index in [2.05, 4.69) is 4.98 Å². The first-order valence-corrected chi connectivity index (χ1v) is 5.67. The van der Waals surface area contributed by atoms with E-state index in [1.54, 1.807) is 6.07 Å². The maximum absolute atomic E-state index is 11.9. The maximum Gasteiger partial charge on any atom is 0.323 e. The van der Waals surface area contributed by atoms with Gasteiger partial charge in [-0.25, -0.2) is 4.98 Å². The average molecular weight is 250 g/mol. The zero-order valence-corrected chi connectivity index (χ0v) is 10.0. The number of likely N-dealkylation sites (N-methyl/N-ethyl adjacent to an activating group) is 1. The molecule has 1 aliphatic rings. The maximum atomic E-state index is 11.9. The fourth-order valence-electron chi connectivity index (χ4n) is 1.84. The highest BCUT2D eigenvalue weighted by Gasteiger charge is 2.19. The molecule has 18 heavy (non-hydrogen) atoms. The second-order valence-electron chi connectivity index (χ2n) is 4.18. The van der Waals surface area contributed by atoms with Crippen molar-refractivity contribution in [3.05, 3.63) is 23.5 Å². The molecule has 0 aliphatic carbocycles. The Morgan fingerprint density at radius 1 is 1.56 bits per heavy atom. The molecule has 0 spiro atoms. The minimum atomic E-state index is -1.05. The van der Waals surface area contributed by atoms with Crippen molar-refractivity contribution in [3.8, 4) is 5.75 Å². The Morgan fingerprint density at radius 2 is 2.33 bits per heavy atom. The smallest absolute Gasteiger partial charge is 0.323 e. The summed E-state index contributed by atoms with van der Waals surface area (Å²) in [5, 5.41) is 8.64. The summed E-state index contributed by atoms with van der Waals surface area (Å²) >= 11 is 0. The fourth-order valence-corrected chi connectivity index (χ4v) is 1.84. The number of amides is 1. The van der Waals surface area contributed by atoms with Gasteiger partial charge in [0.15, 0.2) is 0 Å². The van der Waals surface area contributed by atoms with Crippen LogP contribution in [0, 0.1) is 0 Å². The average Bonchev–Trinajstić information content (AvgIpc) is 2.36. The van der Waals surface area contributed by atoms with Crippen LogP contribution in [0.25, 0.3) is 0 Å². The van der Waals surface area contributed by atoms with E-state index in [9.17, 15) is 9.59 Å². The van der Waals surface area contributed by atoms with E-state index in [0.29, 0.717) is 12.4 Å². The van der Waals surface area contributed by atoms with Gasteiger partial charge in [0.2, 0.25) is 0 Å². The van der Waals surface area contributed by atoms with E-state index in [4.69, 9.17) is 9.84 Å². The normalized spacial score (nSPS) is 13.4. The number of fused-ring (bicyclic) bond motifs is 1. The molecule has 0 atom stereocenters. The van der Waals surface area contributed by atoms with Crippen LogP contribution in [0.5, 0.6) is 5.75 Å². The molecular weight excluding hydrogens is 236 g/mol. The molecule has 1 aliphatic heterocycles. The highest BCUT2D eigenvalue weighted by atomic mass is 16.5. The molecule has 0 fully saturated rings. The van der Waals surface area contributed by atoms with Gasteiger partial charge in [0.1, 0.15) is 18.0 Å². The number of aliphatic carboxylic acids is 1. The predicted molar refractivity (Wildman–Crippen MR) is 62.6 cm³/mol. The Kier molecular flexibility index (Phi) is 3.45. The molecule has 1 aromatic rings. The zero-order valence-electron chi connectivity index (χ0n) is 10.0. The van der Waals surface area contributed by atoms with E-state index in [1.165, 1.54) is 13.2 Å². The first kappa shape index (κ1) is 12.3. The van der Waals surface area contributed by atoms with Gasteiger partial charge >= 0.3 is 5.97 Å². The fraction of sp³-hybridized carbons (Fsp3) is 0.417. The number of pyridine rings is 1. The Hall–Kier alpha value is -2.11. The van der Waals surface area contributed by atoms with E-state index >= 15 is 0 Å². The standard InChI is InChI=1S/C12H14N2O4/c1-14(7-11(15)16)12(17)9-5-8-3-2-4-18-10(8)6-13-9/h5-6H,2-4,7H2,1H3,(H,15,16). The minimum Gasteiger partial charge on any atom is -0.492 e. The molecule has 2 rings (SSSR count). The van der Waals surface area contributed by atoms with Gasteiger partial charge < -0.3 is 14.7 Å². The molecule has 1 amide bonds. The second-order valence-corrected chi connectivity index (χ2v) is 4.18. The second kappa shape index (κ2) is 5.03. The molecule has 1 N–H and O–H groups in total. The molecule has 0 bridgehead atoms. The van der Waals surface area contributed by atoms with Crippen molar-refractivity contribution < 1.29 is 19.4 Å². The van der Waals surface area contributed by atoms with Gasteiger partial charge in [0.05, 0.1) is 12.8 Å². The number of nitrogens with zero attached hydrogens (tertiary/aromatic N) is 2. The third-order valence-corrected chi connectivity index (χ3v) is 2.73. The lowest BCUT2D eigenvalue weighted by atomic mass is 10.1. The molecule has 0 saturated carbocycles. The van der Waals surface area contributed by atoms with Gasteiger partial charge in [-0.1, -0.05) is 0 Å². The first-order chi connectivity index (χ1) is 8.58. The van der Waals surface area contributed by atoms with Crippen LogP contribution in [0.15, 0.2) is 12.3 Å². The number of carboxylic acids is 1. The summed E-state index contributed by atoms with van der Waals surface area (Å²) in [6, 6.07) is 1.68. The minimum absolute atomic E-state index is 0.253. The molecule has 0 radical (unpaired) electrons. The molecule has 96 valence electrons. The van der Waals surface area contributed by atoms with Crippen LogP contribution in [0.2, 0.25) is 0 Å². The summed E-state index contributed by atoms with van der Waals surface area (Å²) in [5.41, 5.74) is 1.20. The third-order valence-electron chi connectivity index (χ3n) is 2.73. The lowest BCUT2D eigenvalue weighted by molar-refractivity contribution is -0.137. The SMILES string of the molecule is CN(CC(=O)O)C(=O)c1cc2c(cn1)OCCC2. The summed E-state index contributed by atoms with van der Waals surface area (Å²) in [6.07, 6.45) is 3.28. The van der Waals surface area contributed by atoms with E-state index in [-0.39, 0.29) is 12.2 Å². The highest BCUT2D eigenvalue weighted by molar-refractivity contribution is 5.94. The van der Waals surface area contributed by atoms with Crippen LogP contribution in [0.3, 0.4) is 0 Å².